The number of benzene rings is 1. The summed E-state index contributed by atoms with van der Waals surface area (Å²) in [5.41, 5.74) is 1.00. The van der Waals surface area contributed by atoms with E-state index in [-0.39, 0.29) is 5.91 Å². The number of ether oxygens (including phenoxy) is 3. The van der Waals surface area contributed by atoms with Crippen LogP contribution in [0.5, 0.6) is 11.5 Å². The summed E-state index contributed by atoms with van der Waals surface area (Å²) < 4.78 is 15.6. The van der Waals surface area contributed by atoms with E-state index in [1.54, 1.807) is 38.7 Å². The third kappa shape index (κ3) is 5.22. The Hall–Kier alpha value is -2.54. The van der Waals surface area contributed by atoms with Crippen LogP contribution in [0.3, 0.4) is 0 Å². The predicted molar refractivity (Wildman–Crippen MR) is 95.5 cm³/mol. The second-order valence-corrected chi connectivity index (χ2v) is 6.20. The summed E-state index contributed by atoms with van der Waals surface area (Å²) in [7, 11) is 3.16. The number of esters is 1. The fraction of sp³-hybridized carbons (Fsp3) is 0.333. The summed E-state index contributed by atoms with van der Waals surface area (Å²) in [4.78, 5) is 24.3. The Morgan fingerprint density at radius 1 is 1.16 bits per heavy atom. The van der Waals surface area contributed by atoms with Crippen molar-refractivity contribution in [3.63, 3.8) is 0 Å². The Labute approximate surface area is 150 Å². The molecule has 0 saturated heterocycles. The summed E-state index contributed by atoms with van der Waals surface area (Å²) in [5, 5.41) is 4.55. The Morgan fingerprint density at radius 3 is 2.56 bits per heavy atom. The summed E-state index contributed by atoms with van der Waals surface area (Å²) in [6.45, 7) is 1.98. The van der Waals surface area contributed by atoms with Gasteiger partial charge in [0, 0.05) is 6.54 Å². The molecule has 0 bridgehead atoms. The number of hydrogen-bond acceptors (Lipinski definition) is 6. The molecule has 134 valence electrons. The van der Waals surface area contributed by atoms with Gasteiger partial charge in [0.2, 0.25) is 0 Å². The standard InChI is InChI=1S/C18H21NO5S/c1-12(24-18(21)16-5-4-10-25-16)17(20)19-9-8-13-6-7-14(22-2)15(11-13)23-3/h4-7,10-12H,8-9H2,1-3H3,(H,19,20)/t12-/m0/s1. The minimum absolute atomic E-state index is 0.328. The maximum atomic E-state index is 12.0. The van der Waals surface area contributed by atoms with Gasteiger partial charge in [0.25, 0.3) is 5.91 Å². The van der Waals surface area contributed by atoms with Gasteiger partial charge >= 0.3 is 5.97 Å². The first-order valence-electron chi connectivity index (χ1n) is 7.78. The van der Waals surface area contributed by atoms with Crippen LogP contribution in [0, 0.1) is 0 Å². The zero-order valence-corrected chi connectivity index (χ0v) is 15.2. The Balaban J connectivity index is 1.80. The van der Waals surface area contributed by atoms with Gasteiger partial charge < -0.3 is 19.5 Å². The molecular weight excluding hydrogens is 342 g/mol. The van der Waals surface area contributed by atoms with Gasteiger partial charge in [-0.15, -0.1) is 11.3 Å². The molecule has 1 aromatic carbocycles. The fourth-order valence-corrected chi connectivity index (χ4v) is 2.78. The highest BCUT2D eigenvalue weighted by molar-refractivity contribution is 7.11. The number of amides is 1. The lowest BCUT2D eigenvalue weighted by atomic mass is 10.1. The van der Waals surface area contributed by atoms with Crippen LogP contribution in [0.4, 0.5) is 0 Å². The summed E-state index contributed by atoms with van der Waals surface area (Å²) in [6.07, 6.45) is -0.225. The largest absolute Gasteiger partial charge is 0.493 e. The Morgan fingerprint density at radius 2 is 1.92 bits per heavy atom. The highest BCUT2D eigenvalue weighted by Gasteiger charge is 2.19. The van der Waals surface area contributed by atoms with Crippen molar-refractivity contribution in [2.24, 2.45) is 0 Å². The zero-order valence-electron chi connectivity index (χ0n) is 14.4. The van der Waals surface area contributed by atoms with Gasteiger partial charge in [0.15, 0.2) is 17.6 Å². The topological polar surface area (TPSA) is 73.9 Å². The molecule has 7 heteroatoms. The first-order chi connectivity index (χ1) is 12.0. The molecule has 2 rings (SSSR count). The average molecular weight is 363 g/mol. The quantitative estimate of drug-likeness (QED) is 0.730. The van der Waals surface area contributed by atoms with Crippen LogP contribution < -0.4 is 14.8 Å². The lowest BCUT2D eigenvalue weighted by Gasteiger charge is -2.13. The van der Waals surface area contributed by atoms with E-state index in [1.807, 2.05) is 18.2 Å². The van der Waals surface area contributed by atoms with Gasteiger partial charge in [-0.25, -0.2) is 4.79 Å². The predicted octanol–water partition coefficient (Wildman–Crippen LogP) is 2.67. The lowest BCUT2D eigenvalue weighted by molar-refractivity contribution is -0.129. The highest BCUT2D eigenvalue weighted by Crippen LogP contribution is 2.27. The molecule has 0 saturated carbocycles. The van der Waals surface area contributed by atoms with Gasteiger partial charge in [-0.3, -0.25) is 4.79 Å². The summed E-state index contributed by atoms with van der Waals surface area (Å²) >= 11 is 1.28. The lowest BCUT2D eigenvalue weighted by Crippen LogP contribution is -2.36. The van der Waals surface area contributed by atoms with Gasteiger partial charge in [0.05, 0.1) is 14.2 Å². The van der Waals surface area contributed by atoms with Crippen LogP contribution in [0.1, 0.15) is 22.2 Å². The first-order valence-corrected chi connectivity index (χ1v) is 8.66. The van der Waals surface area contributed by atoms with Crippen molar-refractivity contribution in [2.45, 2.75) is 19.4 Å². The van der Waals surface area contributed by atoms with Crippen LogP contribution in [0.2, 0.25) is 0 Å². The summed E-state index contributed by atoms with van der Waals surface area (Å²) in [5.74, 6) is 0.483. The van der Waals surface area contributed by atoms with Crippen LogP contribution in [0.15, 0.2) is 35.7 Å². The van der Waals surface area contributed by atoms with Crippen molar-refractivity contribution >= 4 is 23.2 Å². The molecule has 0 aliphatic heterocycles. The molecule has 0 aliphatic rings. The maximum absolute atomic E-state index is 12.0. The third-order valence-electron chi connectivity index (χ3n) is 3.54. The van der Waals surface area contributed by atoms with E-state index < -0.39 is 12.1 Å². The molecule has 1 amide bonds. The third-order valence-corrected chi connectivity index (χ3v) is 4.39. The Bertz CT molecular complexity index is 714. The van der Waals surface area contributed by atoms with E-state index in [2.05, 4.69) is 5.32 Å². The van der Waals surface area contributed by atoms with Gasteiger partial charge in [0.1, 0.15) is 4.88 Å². The van der Waals surface area contributed by atoms with E-state index in [0.717, 1.165) is 5.56 Å². The number of rotatable bonds is 8. The number of carbonyl (C=O) groups is 2. The highest BCUT2D eigenvalue weighted by atomic mass is 32.1. The maximum Gasteiger partial charge on any atom is 0.349 e. The van der Waals surface area contributed by atoms with Crippen LogP contribution in [-0.4, -0.2) is 38.7 Å². The SMILES string of the molecule is COc1ccc(CCNC(=O)[C@H](C)OC(=O)c2cccs2)cc1OC. The molecule has 1 heterocycles. The molecule has 0 fully saturated rings. The number of methoxy groups -OCH3 is 2. The molecule has 6 nitrogen and oxygen atoms in total. The van der Waals surface area contributed by atoms with Gasteiger partial charge in [-0.1, -0.05) is 12.1 Å². The number of thiophene rings is 1. The second kappa shape index (κ2) is 9.08. The number of nitrogens with one attached hydrogen (secondary N) is 1. The van der Waals surface area contributed by atoms with E-state index in [1.165, 1.54) is 11.3 Å². The molecule has 2 aromatic rings. The summed E-state index contributed by atoms with van der Waals surface area (Å²) in [6, 6.07) is 9.02. The molecule has 0 spiro atoms. The Kier molecular flexibility index (Phi) is 6.82. The average Bonchev–Trinajstić information content (AvgIpc) is 3.16. The van der Waals surface area contributed by atoms with Crippen molar-refractivity contribution in [1.29, 1.82) is 0 Å². The van der Waals surface area contributed by atoms with Crippen molar-refractivity contribution in [2.75, 3.05) is 20.8 Å². The van der Waals surface area contributed by atoms with E-state index in [9.17, 15) is 9.59 Å². The molecule has 25 heavy (non-hydrogen) atoms. The monoisotopic (exact) mass is 363 g/mol. The molecule has 0 unspecified atom stereocenters. The minimum Gasteiger partial charge on any atom is -0.493 e. The van der Waals surface area contributed by atoms with Crippen LogP contribution in [0.25, 0.3) is 0 Å². The van der Waals surface area contributed by atoms with E-state index >= 15 is 0 Å². The molecule has 1 N–H and O–H groups in total. The van der Waals surface area contributed by atoms with Crippen molar-refractivity contribution < 1.29 is 23.8 Å². The molecule has 1 atom stereocenters. The van der Waals surface area contributed by atoms with E-state index in [0.29, 0.717) is 29.3 Å². The molecule has 1 aromatic heterocycles. The van der Waals surface area contributed by atoms with Crippen LogP contribution in [-0.2, 0) is 16.0 Å². The normalized spacial score (nSPS) is 11.5. The molecule has 0 radical (unpaired) electrons. The van der Waals surface area contributed by atoms with Crippen LogP contribution >= 0.6 is 11.3 Å². The second-order valence-electron chi connectivity index (χ2n) is 5.26. The molecular formula is C18H21NO5S. The van der Waals surface area contributed by atoms with Crippen molar-refractivity contribution in [3.8, 4) is 11.5 Å². The van der Waals surface area contributed by atoms with Crippen molar-refractivity contribution in [1.82, 2.24) is 5.32 Å². The number of hydrogen-bond donors (Lipinski definition) is 1. The molecule has 0 aliphatic carbocycles. The van der Waals surface area contributed by atoms with Gasteiger partial charge in [-0.05, 0) is 42.5 Å². The fourth-order valence-electron chi connectivity index (χ4n) is 2.18. The first kappa shape index (κ1) is 18.8. The van der Waals surface area contributed by atoms with E-state index in [4.69, 9.17) is 14.2 Å². The minimum atomic E-state index is -0.847. The smallest absolute Gasteiger partial charge is 0.349 e. The van der Waals surface area contributed by atoms with Gasteiger partial charge in [-0.2, -0.15) is 0 Å². The van der Waals surface area contributed by atoms with Crippen molar-refractivity contribution in [3.05, 3.63) is 46.2 Å². The number of carbonyl (C=O) groups excluding carboxylic acids is 2. The zero-order chi connectivity index (χ0) is 18.2.